The van der Waals surface area contributed by atoms with Crippen LogP contribution in [0.15, 0.2) is 24.3 Å². The van der Waals surface area contributed by atoms with Gasteiger partial charge in [-0.05, 0) is 12.1 Å². The molecule has 0 saturated carbocycles. The summed E-state index contributed by atoms with van der Waals surface area (Å²) in [6.07, 6.45) is 0. The minimum absolute atomic E-state index is 0.297. The molecule has 0 amide bonds. The Hall–Kier alpha value is -1.22. The van der Waals surface area contributed by atoms with Gasteiger partial charge in [0, 0.05) is 0 Å². The molecule has 0 atom stereocenters. The third-order valence-corrected chi connectivity index (χ3v) is 1.54. The molecule has 1 aromatic carbocycles. The molecule has 0 unspecified atom stereocenters. The number of halogens is 1. The number of hydrogen-bond acceptors (Lipinski definition) is 3. The second-order valence-corrected chi connectivity index (χ2v) is 2.22. The van der Waals surface area contributed by atoms with E-state index in [1.165, 1.54) is 7.11 Å². The zero-order valence-electron chi connectivity index (χ0n) is 6.41. The number of hydrogen-bond donors (Lipinski definition) is 0. The molecule has 0 aliphatic carbocycles. The highest BCUT2D eigenvalue weighted by molar-refractivity contribution is 6.10. The molecule has 0 spiro atoms. The molecule has 64 valence electrons. The fourth-order valence-electron chi connectivity index (χ4n) is 0.813. The number of methoxy groups -OCH3 is 1. The Labute approximate surface area is 75.0 Å². The Bertz CT molecular complexity index is 285. The summed E-state index contributed by atoms with van der Waals surface area (Å²) < 4.78 is 8.94. The van der Waals surface area contributed by atoms with E-state index in [0.29, 0.717) is 11.3 Å². The number of benzene rings is 1. The summed E-state index contributed by atoms with van der Waals surface area (Å²) in [5.74, 6) is -0.169. The van der Waals surface area contributed by atoms with E-state index >= 15 is 0 Å². The van der Waals surface area contributed by atoms with Crippen LogP contribution in [0.25, 0.3) is 0 Å². The number of ether oxygens (including phenoxy) is 1. The molecule has 0 bridgehead atoms. The molecule has 0 heterocycles. The number of esters is 1. The molecule has 12 heavy (non-hydrogen) atoms. The van der Waals surface area contributed by atoms with Gasteiger partial charge in [-0.3, -0.25) is 0 Å². The van der Waals surface area contributed by atoms with Gasteiger partial charge in [0.1, 0.15) is 17.4 Å². The SMILES string of the molecule is COC(=O)c1ccccc1OCl. The first-order chi connectivity index (χ1) is 5.79. The van der Waals surface area contributed by atoms with E-state index < -0.39 is 5.97 Å². The number of rotatable bonds is 2. The summed E-state index contributed by atoms with van der Waals surface area (Å²) in [6, 6.07) is 6.57. The molecule has 0 saturated heterocycles. The summed E-state index contributed by atoms with van der Waals surface area (Å²) in [6.45, 7) is 0. The van der Waals surface area contributed by atoms with E-state index in [1.54, 1.807) is 24.3 Å². The van der Waals surface area contributed by atoms with Gasteiger partial charge in [0.05, 0.1) is 7.11 Å². The van der Waals surface area contributed by atoms with Crippen molar-refractivity contribution in [3.63, 3.8) is 0 Å². The van der Waals surface area contributed by atoms with Crippen LogP contribution >= 0.6 is 11.9 Å². The molecule has 0 aliphatic heterocycles. The van der Waals surface area contributed by atoms with Gasteiger partial charge in [0.25, 0.3) is 0 Å². The molecule has 3 nitrogen and oxygen atoms in total. The Kier molecular flexibility index (Phi) is 2.94. The summed E-state index contributed by atoms with van der Waals surface area (Å²) >= 11 is 5.13. The molecule has 0 fully saturated rings. The third-order valence-electron chi connectivity index (χ3n) is 1.38. The van der Waals surface area contributed by atoms with Gasteiger partial charge in [-0.15, -0.1) is 0 Å². The summed E-state index contributed by atoms with van der Waals surface area (Å²) in [5, 5.41) is 0. The molecule has 0 radical (unpaired) electrons. The van der Waals surface area contributed by atoms with Crippen LogP contribution in [-0.4, -0.2) is 13.1 Å². The lowest BCUT2D eigenvalue weighted by atomic mass is 10.2. The van der Waals surface area contributed by atoms with Crippen LogP contribution in [0.3, 0.4) is 0 Å². The van der Waals surface area contributed by atoms with E-state index in [0.717, 1.165) is 0 Å². The minimum atomic E-state index is -0.466. The monoisotopic (exact) mass is 186 g/mol. The fraction of sp³-hybridized carbons (Fsp3) is 0.125. The minimum Gasteiger partial charge on any atom is -0.465 e. The van der Waals surface area contributed by atoms with Crippen LogP contribution in [0, 0.1) is 0 Å². The van der Waals surface area contributed by atoms with Crippen LogP contribution in [-0.2, 0) is 4.74 Å². The summed E-state index contributed by atoms with van der Waals surface area (Å²) in [4.78, 5) is 11.0. The maximum Gasteiger partial charge on any atom is 0.341 e. The lowest BCUT2D eigenvalue weighted by Crippen LogP contribution is -2.02. The highest BCUT2D eigenvalue weighted by atomic mass is 35.5. The van der Waals surface area contributed by atoms with E-state index in [2.05, 4.69) is 9.03 Å². The van der Waals surface area contributed by atoms with E-state index in [-0.39, 0.29) is 0 Å². The second-order valence-electron chi connectivity index (χ2n) is 2.06. The first kappa shape index (κ1) is 8.87. The number of para-hydroxylation sites is 1. The van der Waals surface area contributed by atoms with Crippen molar-refractivity contribution < 1.29 is 13.8 Å². The van der Waals surface area contributed by atoms with Crippen molar-refractivity contribution in [1.29, 1.82) is 0 Å². The normalized spacial score (nSPS) is 9.17. The van der Waals surface area contributed by atoms with Gasteiger partial charge in [0.15, 0.2) is 5.75 Å². The Morgan fingerprint density at radius 1 is 1.42 bits per heavy atom. The van der Waals surface area contributed by atoms with Gasteiger partial charge < -0.3 is 9.03 Å². The first-order valence-electron chi connectivity index (χ1n) is 3.25. The van der Waals surface area contributed by atoms with Crippen LogP contribution in [0.4, 0.5) is 0 Å². The first-order valence-corrected chi connectivity index (χ1v) is 3.56. The Morgan fingerprint density at radius 2 is 2.08 bits per heavy atom. The maximum absolute atomic E-state index is 11.0. The second kappa shape index (κ2) is 3.97. The highest BCUT2D eigenvalue weighted by Crippen LogP contribution is 2.19. The third kappa shape index (κ3) is 1.68. The molecule has 1 aromatic rings. The average molecular weight is 187 g/mol. The topological polar surface area (TPSA) is 35.5 Å². The molecule has 1 rings (SSSR count). The van der Waals surface area contributed by atoms with E-state index in [9.17, 15) is 4.79 Å². The molecule has 4 heteroatoms. The van der Waals surface area contributed by atoms with Crippen LogP contribution < -0.4 is 4.29 Å². The zero-order chi connectivity index (χ0) is 8.97. The summed E-state index contributed by atoms with van der Waals surface area (Å²) in [7, 11) is 1.30. The molecular weight excluding hydrogens is 180 g/mol. The van der Waals surface area contributed by atoms with Crippen LogP contribution in [0.2, 0.25) is 0 Å². The zero-order valence-corrected chi connectivity index (χ0v) is 7.17. The lowest BCUT2D eigenvalue weighted by molar-refractivity contribution is 0.0599. The Morgan fingerprint density at radius 3 is 2.67 bits per heavy atom. The van der Waals surface area contributed by atoms with Gasteiger partial charge >= 0.3 is 5.97 Å². The van der Waals surface area contributed by atoms with Crippen molar-refractivity contribution in [2.45, 2.75) is 0 Å². The standard InChI is InChI=1S/C8H7ClO3/c1-11-8(10)6-4-2-3-5-7(6)12-9/h2-5H,1H3. The molecule has 0 aromatic heterocycles. The van der Waals surface area contributed by atoms with Crippen molar-refractivity contribution in [3.05, 3.63) is 29.8 Å². The number of carbonyl (C=O) groups excluding carboxylic acids is 1. The lowest BCUT2D eigenvalue weighted by Gasteiger charge is -2.02. The largest absolute Gasteiger partial charge is 0.465 e. The van der Waals surface area contributed by atoms with Gasteiger partial charge in [-0.2, -0.15) is 0 Å². The van der Waals surface area contributed by atoms with Gasteiger partial charge in [-0.1, -0.05) is 12.1 Å². The van der Waals surface area contributed by atoms with Gasteiger partial charge in [-0.25, -0.2) is 4.79 Å². The predicted molar refractivity (Wildman–Crippen MR) is 44.3 cm³/mol. The van der Waals surface area contributed by atoms with Crippen molar-refractivity contribution in [1.82, 2.24) is 0 Å². The van der Waals surface area contributed by atoms with E-state index in [1.807, 2.05) is 0 Å². The van der Waals surface area contributed by atoms with Gasteiger partial charge in [0.2, 0.25) is 0 Å². The van der Waals surface area contributed by atoms with Crippen molar-refractivity contribution in [3.8, 4) is 5.75 Å². The van der Waals surface area contributed by atoms with Crippen molar-refractivity contribution >= 4 is 17.8 Å². The van der Waals surface area contributed by atoms with Crippen LogP contribution in [0.1, 0.15) is 10.4 Å². The number of carbonyl (C=O) groups is 1. The Balaban J connectivity index is 3.04. The predicted octanol–water partition coefficient (Wildman–Crippen LogP) is 2.01. The molecule has 0 aliphatic rings. The fourth-order valence-corrected chi connectivity index (χ4v) is 0.947. The average Bonchev–Trinajstić information content (AvgIpc) is 2.16. The maximum atomic E-state index is 11.0. The summed E-state index contributed by atoms with van der Waals surface area (Å²) in [5.41, 5.74) is 0.315. The van der Waals surface area contributed by atoms with E-state index in [4.69, 9.17) is 11.9 Å². The van der Waals surface area contributed by atoms with Crippen LogP contribution in [0.5, 0.6) is 5.75 Å². The smallest absolute Gasteiger partial charge is 0.341 e. The van der Waals surface area contributed by atoms with Crippen molar-refractivity contribution in [2.75, 3.05) is 7.11 Å². The van der Waals surface area contributed by atoms with Crippen molar-refractivity contribution in [2.24, 2.45) is 0 Å². The quantitative estimate of drug-likeness (QED) is 0.663. The highest BCUT2D eigenvalue weighted by Gasteiger charge is 2.11. The molecular formula is C8H7ClO3. The molecule has 0 N–H and O–H groups in total.